The maximum atomic E-state index is 12.3. The summed E-state index contributed by atoms with van der Waals surface area (Å²) in [5, 5.41) is 42.8. The highest BCUT2D eigenvalue weighted by Crippen LogP contribution is 2.59. The number of likely N-dealkylation sites (N-methyl/N-ethyl adjacent to an activating group) is 1. The molecule has 3 heterocycles. The van der Waals surface area contributed by atoms with Crippen molar-refractivity contribution < 1.29 is 67.0 Å². The fourth-order valence-electron chi connectivity index (χ4n) is 4.16. The molecule has 2 fully saturated rings. The first kappa shape index (κ1) is 31.3. The Morgan fingerprint density at radius 1 is 1.24 bits per heavy atom. The van der Waals surface area contributed by atoms with Gasteiger partial charge in [0.15, 0.2) is 6.29 Å². The molecule has 1 amide bonds. The van der Waals surface area contributed by atoms with Gasteiger partial charge < -0.3 is 54.8 Å². The Balaban J connectivity index is 1.59. The topological polar surface area (TPSA) is 240 Å². The largest absolute Gasteiger partial charge is 0.756 e. The lowest BCUT2D eigenvalue weighted by Crippen LogP contribution is -2.63. The van der Waals surface area contributed by atoms with Crippen LogP contribution in [0.25, 0.3) is 0 Å². The summed E-state index contributed by atoms with van der Waals surface area (Å²) in [6, 6.07) is -1.13. The maximum Gasteiger partial charge on any atom is 0.478 e. The number of carbonyl (C=O) groups is 1. The number of nitrogens with zero attached hydrogens (tertiary/aromatic N) is 2. The van der Waals surface area contributed by atoms with Gasteiger partial charge >= 0.3 is 7.82 Å². The molecule has 38 heavy (non-hydrogen) atoms. The molecule has 0 aromatic rings. The number of nitrogens with one attached hydrogen (secondary N) is 1. The van der Waals surface area contributed by atoms with Crippen LogP contribution in [0.1, 0.15) is 13.3 Å². The van der Waals surface area contributed by atoms with Crippen molar-refractivity contribution in [2.75, 3.05) is 27.3 Å². The monoisotopic (exact) mass is 588 g/mol. The summed E-state index contributed by atoms with van der Waals surface area (Å²) in [5.41, 5.74) is 0.346. The van der Waals surface area contributed by atoms with Crippen molar-refractivity contribution in [1.29, 1.82) is 0 Å². The van der Waals surface area contributed by atoms with Crippen LogP contribution in [0.4, 0.5) is 0 Å². The van der Waals surface area contributed by atoms with Gasteiger partial charge in [0.25, 0.3) is 13.7 Å². The second-order valence-corrected chi connectivity index (χ2v) is 12.1. The van der Waals surface area contributed by atoms with Gasteiger partial charge in [0, 0.05) is 18.2 Å². The van der Waals surface area contributed by atoms with Crippen molar-refractivity contribution in [3.8, 4) is 0 Å². The normalized spacial score (nSPS) is 37.5. The van der Waals surface area contributed by atoms with Crippen LogP contribution in [0.3, 0.4) is 0 Å². The van der Waals surface area contributed by atoms with Crippen LogP contribution in [0, 0.1) is 0 Å². The first-order valence-electron chi connectivity index (χ1n) is 11.3. The molecule has 0 aliphatic carbocycles. The second kappa shape index (κ2) is 12.1. The van der Waals surface area contributed by atoms with Crippen LogP contribution in [0.2, 0.25) is 0 Å². The molecule has 19 heteroatoms. The first-order valence-corrected chi connectivity index (χ1v) is 14.3. The Labute approximate surface area is 218 Å². The van der Waals surface area contributed by atoms with Gasteiger partial charge in [-0.15, -0.1) is 0 Å². The van der Waals surface area contributed by atoms with Crippen LogP contribution >= 0.6 is 15.6 Å². The predicted octanol–water partition coefficient (Wildman–Crippen LogP) is -2.74. The molecule has 17 nitrogen and oxygen atoms in total. The summed E-state index contributed by atoms with van der Waals surface area (Å²) in [5.74, 6) is -0.182. The zero-order valence-electron chi connectivity index (χ0n) is 20.7. The number of amides is 1. The third-order valence-electron chi connectivity index (χ3n) is 6.06. The highest BCUT2D eigenvalue weighted by Gasteiger charge is 2.48. The summed E-state index contributed by atoms with van der Waals surface area (Å²) in [7, 11) is -8.12. The van der Waals surface area contributed by atoms with Gasteiger partial charge in [0.2, 0.25) is 0 Å². The van der Waals surface area contributed by atoms with Crippen molar-refractivity contribution in [3.05, 3.63) is 24.2 Å². The van der Waals surface area contributed by atoms with Crippen molar-refractivity contribution in [2.24, 2.45) is 0 Å². The number of hydrogen-bond acceptors (Lipinski definition) is 15. The standard InChI is InChI=1S/C19H33N3O14P2/c1-9-6-22(10(2)20-18(9)27)14-5-11(24)13(33-14)8-32-37(28,29)36-38(30,31)35-19-17(26)15(21(3)4)16(25)12(7-23)34-19/h6,11-17,19,23-26H,2,5,7-8H2,1,3-4H3,(H,20,27)(H,28,29)(H,30,31)/p-1/t11?,12?,13-,14-,15+,16+,17?,19+/m1/s1. The molecule has 0 aromatic heterocycles. The molecule has 10 atom stereocenters. The molecule has 3 aliphatic rings. The number of aliphatic hydroxyl groups excluding tert-OH is 4. The van der Waals surface area contributed by atoms with Gasteiger partial charge in [-0.25, -0.2) is 8.88 Å². The Hall–Kier alpha value is -1.27. The predicted molar refractivity (Wildman–Crippen MR) is 123 cm³/mol. The molecule has 3 aliphatic heterocycles. The van der Waals surface area contributed by atoms with Gasteiger partial charge in [0.1, 0.15) is 36.5 Å². The van der Waals surface area contributed by atoms with Gasteiger partial charge in [-0.2, -0.15) is 0 Å². The fourth-order valence-corrected chi connectivity index (χ4v) is 6.28. The Morgan fingerprint density at radius 2 is 1.89 bits per heavy atom. The SMILES string of the molecule is C=C1NC(=O)C(C)=CN1[C@H]1CC(O)[C@@H](COP(=O)(O)OP(=O)([O-])O[C@@H]2OC(CO)[C@H](O)[C@H](N(C)C)C2O)O1. The summed E-state index contributed by atoms with van der Waals surface area (Å²) in [6.07, 6.45) is -8.28. The van der Waals surface area contributed by atoms with Gasteiger partial charge in [-0.3, -0.25) is 18.4 Å². The molecule has 0 bridgehead atoms. The molecule has 6 N–H and O–H groups in total. The van der Waals surface area contributed by atoms with E-state index < -0.39 is 77.9 Å². The highest BCUT2D eigenvalue weighted by atomic mass is 31.3. The zero-order chi connectivity index (χ0) is 28.6. The quantitative estimate of drug-likeness (QED) is 0.142. The van der Waals surface area contributed by atoms with Crippen molar-refractivity contribution in [3.63, 3.8) is 0 Å². The molecular formula is C19H32N3O14P2-. The van der Waals surface area contributed by atoms with Gasteiger partial charge in [-0.05, 0) is 21.0 Å². The fraction of sp³-hybridized carbons (Fsp3) is 0.737. The smallest absolute Gasteiger partial charge is 0.478 e. The summed E-state index contributed by atoms with van der Waals surface area (Å²) < 4.78 is 48.8. The van der Waals surface area contributed by atoms with E-state index in [9.17, 15) is 44.1 Å². The molecule has 0 saturated carbocycles. The van der Waals surface area contributed by atoms with Crippen LogP contribution in [-0.4, -0.2) is 117 Å². The van der Waals surface area contributed by atoms with Gasteiger partial charge in [-0.1, -0.05) is 6.58 Å². The molecule has 0 radical (unpaired) electrons. The van der Waals surface area contributed by atoms with E-state index in [4.69, 9.17) is 9.47 Å². The molecule has 2 saturated heterocycles. The average molecular weight is 588 g/mol. The number of aliphatic hydroxyl groups is 4. The number of phosphoric ester groups is 2. The Kier molecular flexibility index (Phi) is 9.94. The molecule has 0 aromatic carbocycles. The number of carbonyl (C=O) groups excluding carboxylic acids is 1. The van der Waals surface area contributed by atoms with E-state index in [0.29, 0.717) is 5.57 Å². The minimum atomic E-state index is -5.69. The van der Waals surface area contributed by atoms with Crippen LogP contribution < -0.4 is 10.2 Å². The van der Waals surface area contributed by atoms with E-state index in [-0.39, 0.29) is 18.1 Å². The van der Waals surface area contributed by atoms with Crippen LogP contribution in [0.15, 0.2) is 24.2 Å². The lowest BCUT2D eigenvalue weighted by Gasteiger charge is -2.45. The lowest BCUT2D eigenvalue weighted by atomic mass is 9.95. The molecule has 3 rings (SSSR count). The number of ether oxygens (including phenoxy) is 2. The summed E-state index contributed by atoms with van der Waals surface area (Å²) in [6.45, 7) is 3.72. The van der Waals surface area contributed by atoms with Gasteiger partial charge in [0.05, 0.1) is 25.4 Å². The maximum absolute atomic E-state index is 12.3. The van der Waals surface area contributed by atoms with E-state index in [1.807, 2.05) is 0 Å². The second-order valence-electron chi connectivity index (χ2n) is 9.11. The number of rotatable bonds is 10. The van der Waals surface area contributed by atoms with E-state index in [1.54, 1.807) is 6.92 Å². The van der Waals surface area contributed by atoms with Crippen LogP contribution in [-0.2, 0) is 36.8 Å². The summed E-state index contributed by atoms with van der Waals surface area (Å²) >= 11 is 0. The lowest BCUT2D eigenvalue weighted by molar-refractivity contribution is -0.293. The van der Waals surface area contributed by atoms with E-state index in [2.05, 4.69) is 25.3 Å². The Bertz CT molecular complexity index is 1030. The van der Waals surface area contributed by atoms with E-state index >= 15 is 0 Å². The third kappa shape index (κ3) is 7.27. The zero-order valence-corrected chi connectivity index (χ0v) is 22.5. The van der Waals surface area contributed by atoms with E-state index in [0.717, 1.165) is 0 Å². The van der Waals surface area contributed by atoms with Crippen molar-refractivity contribution in [1.82, 2.24) is 15.1 Å². The minimum Gasteiger partial charge on any atom is -0.756 e. The number of hydrogen-bond donors (Lipinski definition) is 6. The van der Waals surface area contributed by atoms with Crippen molar-refractivity contribution in [2.45, 2.75) is 62.4 Å². The molecule has 218 valence electrons. The summed E-state index contributed by atoms with van der Waals surface area (Å²) in [4.78, 5) is 36.8. The minimum absolute atomic E-state index is 0.00569. The third-order valence-corrected chi connectivity index (χ3v) is 8.62. The number of phosphoric acid groups is 2. The molecule has 5 unspecified atom stereocenters. The molecular weight excluding hydrogens is 556 g/mol. The highest BCUT2D eigenvalue weighted by molar-refractivity contribution is 7.60. The van der Waals surface area contributed by atoms with Crippen LogP contribution in [0.5, 0.6) is 0 Å². The first-order chi connectivity index (χ1) is 17.5. The molecule has 0 spiro atoms. The van der Waals surface area contributed by atoms with E-state index in [1.165, 1.54) is 30.1 Å². The average Bonchev–Trinajstić information content (AvgIpc) is 3.16. The van der Waals surface area contributed by atoms with Crippen molar-refractivity contribution >= 4 is 21.6 Å². The Morgan fingerprint density at radius 3 is 2.50 bits per heavy atom.